The maximum Gasteiger partial charge on any atom is 0.211 e. The molecule has 1 radical (unpaired) electrons. The van der Waals surface area contributed by atoms with Crippen LogP contribution < -0.4 is 0 Å². The van der Waals surface area contributed by atoms with Crippen LogP contribution in [0.1, 0.15) is 2.74 Å². The summed E-state index contributed by atoms with van der Waals surface area (Å²) in [6.07, 6.45) is 0.854. The van der Waals surface area contributed by atoms with Crippen molar-refractivity contribution < 1.29 is 17.8 Å². The van der Waals surface area contributed by atoms with E-state index in [0.29, 0.717) is 0 Å². The van der Waals surface area contributed by atoms with Gasteiger partial charge in [0.1, 0.15) is 5.76 Å². The molecule has 0 saturated carbocycles. The summed E-state index contributed by atoms with van der Waals surface area (Å²) in [5.74, 6) is -1.73. The van der Waals surface area contributed by atoms with Crippen molar-refractivity contribution in [3.8, 4) is 0 Å². The standard InChI is InChI=1S/C6H4NO3/c8-4-2-1-3-5(9)6(4)7-10/h1-3,8H/b7-6+/i2D,3D. The third kappa shape index (κ3) is 0.907. The van der Waals surface area contributed by atoms with Crippen molar-refractivity contribution in [3.05, 3.63) is 23.9 Å². The van der Waals surface area contributed by atoms with Gasteiger partial charge in [0.15, 0.2) is 5.71 Å². The summed E-state index contributed by atoms with van der Waals surface area (Å²) >= 11 is 0. The first-order valence-corrected chi connectivity index (χ1v) is 2.41. The Bertz CT molecular complexity index is 330. The Morgan fingerprint density at radius 1 is 1.70 bits per heavy atom. The van der Waals surface area contributed by atoms with Gasteiger partial charge in [0.05, 0.1) is 2.74 Å². The highest BCUT2D eigenvalue weighted by atomic mass is 16.4. The van der Waals surface area contributed by atoms with E-state index in [9.17, 15) is 10.0 Å². The number of aliphatic hydroxyl groups is 1. The van der Waals surface area contributed by atoms with Crippen LogP contribution in [0.2, 0.25) is 0 Å². The van der Waals surface area contributed by atoms with Gasteiger partial charge in [0, 0.05) is 0 Å². The molecule has 1 aliphatic carbocycles. The van der Waals surface area contributed by atoms with Gasteiger partial charge < -0.3 is 5.11 Å². The lowest BCUT2D eigenvalue weighted by Gasteiger charge is -1.99. The molecule has 0 saturated heterocycles. The molecule has 0 aromatic carbocycles. The first-order valence-electron chi connectivity index (χ1n) is 3.41. The van der Waals surface area contributed by atoms with E-state index in [0.717, 1.165) is 6.08 Å². The second-order valence-electron chi connectivity index (χ2n) is 1.55. The molecule has 0 aliphatic heterocycles. The number of nitrogens with zero attached hydrogens (tertiary/aromatic N) is 1. The van der Waals surface area contributed by atoms with Gasteiger partial charge in [0.2, 0.25) is 5.78 Å². The summed E-state index contributed by atoms with van der Waals surface area (Å²) in [5.41, 5.74) is -0.771. The summed E-state index contributed by atoms with van der Waals surface area (Å²) in [6.45, 7) is 0. The fraction of sp³-hybridized carbons (Fsp3) is 0. The maximum atomic E-state index is 10.8. The molecule has 0 atom stereocenters. The molecule has 0 bridgehead atoms. The number of aliphatic hydroxyl groups excluding tert-OH is 1. The SMILES string of the molecule is [2H]C1=CC([2H])=C(O)/C(=N\[O])C1=O. The number of ketones is 1. The molecule has 1 rings (SSSR count). The van der Waals surface area contributed by atoms with Crippen molar-refractivity contribution in [1.82, 2.24) is 0 Å². The topological polar surface area (TPSA) is 69.6 Å². The summed E-state index contributed by atoms with van der Waals surface area (Å²) in [4.78, 5) is 10.8. The van der Waals surface area contributed by atoms with Crippen molar-refractivity contribution in [2.24, 2.45) is 5.16 Å². The molecule has 0 amide bonds. The van der Waals surface area contributed by atoms with Gasteiger partial charge in [-0.1, -0.05) is 6.08 Å². The van der Waals surface area contributed by atoms with Crippen molar-refractivity contribution in [3.63, 3.8) is 0 Å². The fourth-order valence-corrected chi connectivity index (χ4v) is 0.499. The molecular weight excluding hydrogens is 134 g/mol. The van der Waals surface area contributed by atoms with Gasteiger partial charge in [0.25, 0.3) is 0 Å². The molecule has 0 spiro atoms. The Morgan fingerprint density at radius 2 is 2.40 bits per heavy atom. The zero-order valence-corrected chi connectivity index (χ0v) is 4.79. The van der Waals surface area contributed by atoms with Crippen molar-refractivity contribution >= 4 is 11.5 Å². The largest absolute Gasteiger partial charge is 0.505 e. The molecular formula is C6H4NO3. The maximum absolute atomic E-state index is 10.8. The number of allylic oxidation sites excluding steroid dienone is 4. The van der Waals surface area contributed by atoms with Crippen molar-refractivity contribution in [2.75, 3.05) is 0 Å². The predicted molar refractivity (Wildman–Crippen MR) is 33.0 cm³/mol. The van der Waals surface area contributed by atoms with Crippen molar-refractivity contribution in [2.45, 2.75) is 0 Å². The molecule has 0 aromatic rings. The predicted octanol–water partition coefficient (Wildman–Crippen LogP) is 0.354. The van der Waals surface area contributed by atoms with E-state index < -0.39 is 29.4 Å². The zero-order valence-electron chi connectivity index (χ0n) is 6.79. The Hall–Kier alpha value is -1.58. The summed E-state index contributed by atoms with van der Waals surface area (Å²) in [5, 5.41) is 21.2. The van der Waals surface area contributed by atoms with Gasteiger partial charge >= 0.3 is 0 Å². The number of carbonyl (C=O) groups is 1. The molecule has 0 fully saturated rings. The van der Waals surface area contributed by atoms with Crippen LogP contribution in [0.5, 0.6) is 0 Å². The van der Waals surface area contributed by atoms with E-state index in [1.165, 1.54) is 0 Å². The first kappa shape index (κ1) is 4.27. The van der Waals surface area contributed by atoms with E-state index in [-0.39, 0.29) is 0 Å². The van der Waals surface area contributed by atoms with Gasteiger partial charge in [-0.2, -0.15) is 0 Å². The monoisotopic (exact) mass is 140 g/mol. The third-order valence-corrected chi connectivity index (χ3v) is 0.943. The van der Waals surface area contributed by atoms with Crippen LogP contribution in [0.3, 0.4) is 0 Å². The molecule has 4 heteroatoms. The Kier molecular flexibility index (Phi) is 1.00. The normalized spacial score (nSPS) is 26.2. The van der Waals surface area contributed by atoms with Crippen LogP contribution in [-0.4, -0.2) is 16.6 Å². The molecule has 10 heavy (non-hydrogen) atoms. The molecule has 4 nitrogen and oxygen atoms in total. The van der Waals surface area contributed by atoms with E-state index >= 15 is 0 Å². The summed E-state index contributed by atoms with van der Waals surface area (Å²) < 4.78 is 14.0. The highest BCUT2D eigenvalue weighted by Crippen LogP contribution is 2.02. The van der Waals surface area contributed by atoms with Gasteiger partial charge in [-0.3, -0.25) is 4.79 Å². The second kappa shape index (κ2) is 2.34. The van der Waals surface area contributed by atoms with Crippen LogP contribution in [0.25, 0.3) is 0 Å². The lowest BCUT2D eigenvalue weighted by atomic mass is 10.1. The van der Waals surface area contributed by atoms with Crippen molar-refractivity contribution in [1.29, 1.82) is 0 Å². The lowest BCUT2D eigenvalue weighted by Crippen LogP contribution is -2.16. The minimum atomic E-state index is -0.960. The third-order valence-electron chi connectivity index (χ3n) is 0.943. The van der Waals surface area contributed by atoms with Gasteiger partial charge in [-0.05, 0) is 17.3 Å². The van der Waals surface area contributed by atoms with Gasteiger partial charge in [-0.25, -0.2) is 0 Å². The molecule has 0 unspecified atom stereocenters. The van der Waals surface area contributed by atoms with Crippen LogP contribution in [0, 0.1) is 0 Å². The second-order valence-corrected chi connectivity index (χ2v) is 1.55. The zero-order chi connectivity index (χ0) is 9.30. The average Bonchev–Trinajstić information content (AvgIpc) is 2.02. The van der Waals surface area contributed by atoms with E-state index in [1.54, 1.807) is 0 Å². The molecule has 1 N–H and O–H groups in total. The molecule has 0 aromatic heterocycles. The highest BCUT2D eigenvalue weighted by Gasteiger charge is 2.16. The first-order chi connectivity index (χ1) is 5.57. The Morgan fingerprint density at radius 3 is 3.00 bits per heavy atom. The number of rotatable bonds is 0. The smallest absolute Gasteiger partial charge is 0.211 e. The minimum Gasteiger partial charge on any atom is -0.505 e. The van der Waals surface area contributed by atoms with E-state index in [1.807, 2.05) is 0 Å². The number of carbonyl (C=O) groups excluding carboxylic acids is 1. The highest BCUT2D eigenvalue weighted by molar-refractivity contribution is 6.49. The summed E-state index contributed by atoms with van der Waals surface area (Å²) in [7, 11) is 0. The van der Waals surface area contributed by atoms with E-state index in [4.69, 9.17) is 7.85 Å². The molecule has 0 heterocycles. The van der Waals surface area contributed by atoms with Crippen LogP contribution >= 0.6 is 0 Å². The lowest BCUT2D eigenvalue weighted by molar-refractivity contribution is -0.109. The Balaban J connectivity index is 3.27. The van der Waals surface area contributed by atoms with Crippen LogP contribution in [-0.2, 0) is 10.0 Å². The quantitative estimate of drug-likeness (QED) is 0.389. The minimum absolute atomic E-state index is 0.450. The molecule has 1 aliphatic rings. The van der Waals surface area contributed by atoms with Crippen LogP contribution in [0.4, 0.5) is 0 Å². The Labute approximate surface area is 59.6 Å². The number of hydrogen-bond donors (Lipinski definition) is 1. The molecule has 51 valence electrons. The van der Waals surface area contributed by atoms with E-state index in [2.05, 4.69) is 5.16 Å². The van der Waals surface area contributed by atoms with Crippen LogP contribution in [0.15, 0.2) is 29.1 Å². The number of hydrogen-bond acceptors (Lipinski definition) is 3. The fourth-order valence-electron chi connectivity index (χ4n) is 0.499. The summed E-state index contributed by atoms with van der Waals surface area (Å²) in [6, 6.07) is -0.971. The van der Waals surface area contributed by atoms with Gasteiger partial charge in [-0.15, -0.1) is 5.21 Å². The average molecular weight is 140 g/mol.